The lowest BCUT2D eigenvalue weighted by molar-refractivity contribution is -0.141. The van der Waals surface area contributed by atoms with Crippen molar-refractivity contribution in [3.8, 4) is 0 Å². The second-order valence-corrected chi connectivity index (χ2v) is 4.32. The number of carboxylic acid groups (broad SMARTS) is 1. The third kappa shape index (κ3) is 6.44. The molecule has 0 aromatic heterocycles. The lowest BCUT2D eigenvalue weighted by Gasteiger charge is -2.22. The number of aliphatic carboxylic acids is 1. The SMILES string of the molecule is C=CCOC(=O)NC(C(=O)N[C@@H](C)C(=O)O)C(C)C. The fourth-order valence-electron chi connectivity index (χ4n) is 1.20. The molecule has 2 amide bonds. The molecule has 0 heterocycles. The van der Waals surface area contributed by atoms with Crippen molar-refractivity contribution >= 4 is 18.0 Å². The summed E-state index contributed by atoms with van der Waals surface area (Å²) in [6.45, 7) is 8.22. The van der Waals surface area contributed by atoms with Gasteiger partial charge in [-0.2, -0.15) is 0 Å². The van der Waals surface area contributed by atoms with E-state index in [9.17, 15) is 14.4 Å². The highest BCUT2D eigenvalue weighted by molar-refractivity contribution is 5.89. The second-order valence-electron chi connectivity index (χ2n) is 4.32. The smallest absolute Gasteiger partial charge is 0.408 e. The summed E-state index contributed by atoms with van der Waals surface area (Å²) in [5.74, 6) is -1.93. The Bertz CT molecular complexity index is 354. The van der Waals surface area contributed by atoms with Crippen LogP contribution in [0.1, 0.15) is 20.8 Å². The number of alkyl carbamates (subject to hydrolysis) is 1. The van der Waals surface area contributed by atoms with Crippen LogP contribution in [0.4, 0.5) is 4.79 Å². The van der Waals surface area contributed by atoms with E-state index >= 15 is 0 Å². The first-order chi connectivity index (χ1) is 8.79. The summed E-state index contributed by atoms with van der Waals surface area (Å²) in [6, 6.07) is -1.89. The van der Waals surface area contributed by atoms with Crippen LogP contribution in [0.15, 0.2) is 12.7 Å². The molecule has 0 spiro atoms. The number of hydrogen-bond acceptors (Lipinski definition) is 4. The van der Waals surface area contributed by atoms with E-state index in [-0.39, 0.29) is 12.5 Å². The number of carbonyl (C=O) groups is 3. The standard InChI is InChI=1S/C12H20N2O5/c1-5-6-19-12(18)14-9(7(2)3)10(15)13-8(4)11(16)17/h5,7-9H,1,6H2,2-4H3,(H,13,15)(H,14,18)(H,16,17)/t8-,9?/m0/s1. The van der Waals surface area contributed by atoms with E-state index in [4.69, 9.17) is 9.84 Å². The molecule has 0 rings (SSSR count). The minimum atomic E-state index is -1.15. The maximum atomic E-state index is 11.8. The van der Waals surface area contributed by atoms with Crippen LogP contribution >= 0.6 is 0 Å². The molecule has 0 aliphatic carbocycles. The molecule has 0 aromatic carbocycles. The number of nitrogens with one attached hydrogen (secondary N) is 2. The third-order valence-corrected chi connectivity index (χ3v) is 2.28. The van der Waals surface area contributed by atoms with E-state index in [2.05, 4.69) is 17.2 Å². The van der Waals surface area contributed by atoms with Crippen molar-refractivity contribution < 1.29 is 24.2 Å². The Morgan fingerprint density at radius 2 is 1.84 bits per heavy atom. The fraction of sp³-hybridized carbons (Fsp3) is 0.583. The van der Waals surface area contributed by atoms with Gasteiger partial charge >= 0.3 is 12.1 Å². The molecular formula is C12H20N2O5. The van der Waals surface area contributed by atoms with Crippen LogP contribution in [0.25, 0.3) is 0 Å². The van der Waals surface area contributed by atoms with Gasteiger partial charge in [0, 0.05) is 0 Å². The lowest BCUT2D eigenvalue weighted by Crippen LogP contribution is -2.53. The van der Waals surface area contributed by atoms with Gasteiger partial charge in [-0.15, -0.1) is 0 Å². The summed E-state index contributed by atoms with van der Waals surface area (Å²) in [5.41, 5.74) is 0. The highest BCUT2D eigenvalue weighted by atomic mass is 16.5. The van der Waals surface area contributed by atoms with Crippen LogP contribution in [0.3, 0.4) is 0 Å². The van der Waals surface area contributed by atoms with Crippen LogP contribution in [0.2, 0.25) is 0 Å². The second kappa shape index (κ2) is 8.12. The fourth-order valence-corrected chi connectivity index (χ4v) is 1.20. The van der Waals surface area contributed by atoms with E-state index in [1.165, 1.54) is 13.0 Å². The minimum Gasteiger partial charge on any atom is -0.480 e. The molecule has 19 heavy (non-hydrogen) atoms. The normalized spacial score (nSPS) is 13.3. The lowest BCUT2D eigenvalue weighted by atomic mass is 10.0. The topological polar surface area (TPSA) is 105 Å². The first-order valence-corrected chi connectivity index (χ1v) is 5.87. The molecular weight excluding hydrogens is 252 g/mol. The van der Waals surface area contributed by atoms with Gasteiger partial charge in [0.25, 0.3) is 0 Å². The average molecular weight is 272 g/mol. The first kappa shape index (κ1) is 16.9. The van der Waals surface area contributed by atoms with E-state index in [1.807, 2.05) is 0 Å². The maximum Gasteiger partial charge on any atom is 0.408 e. The molecule has 1 unspecified atom stereocenters. The predicted octanol–water partition coefficient (Wildman–Crippen LogP) is 0.512. The van der Waals surface area contributed by atoms with Crippen LogP contribution in [-0.4, -0.2) is 41.8 Å². The number of carboxylic acids is 1. The zero-order valence-corrected chi connectivity index (χ0v) is 11.3. The number of hydrogen-bond donors (Lipinski definition) is 3. The molecule has 0 aliphatic heterocycles. The van der Waals surface area contributed by atoms with Crippen LogP contribution < -0.4 is 10.6 Å². The van der Waals surface area contributed by atoms with Gasteiger partial charge in [-0.1, -0.05) is 26.5 Å². The average Bonchev–Trinajstić information content (AvgIpc) is 2.32. The summed E-state index contributed by atoms with van der Waals surface area (Å²) in [5, 5.41) is 13.4. The van der Waals surface area contributed by atoms with Gasteiger partial charge in [-0.05, 0) is 12.8 Å². The monoisotopic (exact) mass is 272 g/mol. The summed E-state index contributed by atoms with van der Waals surface area (Å²) in [6.07, 6.45) is 0.646. The van der Waals surface area contributed by atoms with E-state index in [0.29, 0.717) is 0 Å². The molecule has 7 nitrogen and oxygen atoms in total. The molecule has 0 aromatic rings. The number of carbonyl (C=O) groups excluding carboxylic acids is 2. The zero-order chi connectivity index (χ0) is 15.0. The summed E-state index contributed by atoms with van der Waals surface area (Å²) >= 11 is 0. The van der Waals surface area contributed by atoms with Gasteiger partial charge in [0.1, 0.15) is 18.7 Å². The molecule has 2 atom stereocenters. The van der Waals surface area contributed by atoms with Crippen molar-refractivity contribution in [1.82, 2.24) is 10.6 Å². The number of amides is 2. The Morgan fingerprint density at radius 1 is 1.26 bits per heavy atom. The highest BCUT2D eigenvalue weighted by Crippen LogP contribution is 2.03. The Morgan fingerprint density at radius 3 is 2.26 bits per heavy atom. The van der Waals surface area contributed by atoms with Crippen molar-refractivity contribution in [1.29, 1.82) is 0 Å². The Labute approximate surface area is 112 Å². The van der Waals surface area contributed by atoms with E-state index in [0.717, 1.165) is 0 Å². The molecule has 0 radical (unpaired) electrons. The highest BCUT2D eigenvalue weighted by Gasteiger charge is 2.27. The van der Waals surface area contributed by atoms with Crippen molar-refractivity contribution in [2.45, 2.75) is 32.9 Å². The van der Waals surface area contributed by atoms with Gasteiger partial charge in [0.05, 0.1) is 0 Å². The maximum absolute atomic E-state index is 11.8. The summed E-state index contributed by atoms with van der Waals surface area (Å²) < 4.78 is 4.71. The van der Waals surface area contributed by atoms with Gasteiger partial charge < -0.3 is 20.5 Å². The summed E-state index contributed by atoms with van der Waals surface area (Å²) in [7, 11) is 0. The van der Waals surface area contributed by atoms with E-state index in [1.54, 1.807) is 13.8 Å². The van der Waals surface area contributed by atoms with Gasteiger partial charge in [0.15, 0.2) is 0 Å². The number of ether oxygens (including phenoxy) is 1. The minimum absolute atomic E-state index is 0.0315. The third-order valence-electron chi connectivity index (χ3n) is 2.28. The number of rotatable bonds is 7. The van der Waals surface area contributed by atoms with E-state index < -0.39 is 30.1 Å². The van der Waals surface area contributed by atoms with Gasteiger partial charge in [-0.3, -0.25) is 9.59 Å². The largest absolute Gasteiger partial charge is 0.480 e. The predicted molar refractivity (Wildman–Crippen MR) is 68.5 cm³/mol. The quantitative estimate of drug-likeness (QED) is 0.586. The molecule has 3 N–H and O–H groups in total. The Kier molecular flexibility index (Phi) is 7.25. The van der Waals surface area contributed by atoms with Crippen LogP contribution in [-0.2, 0) is 14.3 Å². The van der Waals surface area contributed by atoms with Gasteiger partial charge in [0.2, 0.25) is 5.91 Å². The first-order valence-electron chi connectivity index (χ1n) is 5.87. The van der Waals surface area contributed by atoms with Gasteiger partial charge in [-0.25, -0.2) is 4.79 Å². The van der Waals surface area contributed by atoms with Crippen molar-refractivity contribution in [2.24, 2.45) is 5.92 Å². The van der Waals surface area contributed by atoms with Crippen molar-refractivity contribution in [3.05, 3.63) is 12.7 Å². The van der Waals surface area contributed by atoms with Crippen LogP contribution in [0.5, 0.6) is 0 Å². The molecule has 0 saturated carbocycles. The molecule has 0 fully saturated rings. The Hall–Kier alpha value is -2.05. The van der Waals surface area contributed by atoms with Crippen LogP contribution in [0, 0.1) is 5.92 Å². The molecule has 7 heteroatoms. The molecule has 108 valence electrons. The van der Waals surface area contributed by atoms with Crippen molar-refractivity contribution in [2.75, 3.05) is 6.61 Å². The van der Waals surface area contributed by atoms with Crippen molar-refractivity contribution in [3.63, 3.8) is 0 Å². The zero-order valence-electron chi connectivity index (χ0n) is 11.3. The molecule has 0 bridgehead atoms. The molecule has 0 saturated heterocycles. The Balaban J connectivity index is 4.55. The molecule has 0 aliphatic rings. The summed E-state index contributed by atoms with van der Waals surface area (Å²) in [4.78, 5) is 33.9.